The molecule has 1 rings (SSSR count). The molecule has 0 N–H and O–H groups in total. The molecule has 116 valence electrons. The van der Waals surface area contributed by atoms with Gasteiger partial charge in [0.2, 0.25) is 0 Å². The molecule has 0 saturated carbocycles. The highest BCUT2D eigenvalue weighted by Gasteiger charge is 2.63. The van der Waals surface area contributed by atoms with Crippen molar-refractivity contribution < 1.29 is 23.3 Å². The molecule has 1 unspecified atom stereocenters. The molecule has 0 aromatic heterocycles. The molecule has 0 amide bonds. The van der Waals surface area contributed by atoms with Gasteiger partial charge in [0.05, 0.1) is 11.9 Å². The van der Waals surface area contributed by atoms with Crippen molar-refractivity contribution in [2.75, 3.05) is 7.11 Å². The summed E-state index contributed by atoms with van der Waals surface area (Å²) in [5.74, 6) is -1.12. The van der Waals surface area contributed by atoms with Crippen LogP contribution in [0.2, 0.25) is 0 Å². The van der Waals surface area contributed by atoms with Crippen molar-refractivity contribution >= 4 is 22.9 Å². The van der Waals surface area contributed by atoms with Crippen LogP contribution in [-0.4, -0.2) is 50.0 Å². The molecule has 1 heterocycles. The lowest BCUT2D eigenvalue weighted by Crippen LogP contribution is -2.32. The molecular weight excluding hydrogens is 282 g/mol. The maximum atomic E-state index is 12.4. The van der Waals surface area contributed by atoms with Crippen LogP contribution in [0.1, 0.15) is 41.5 Å². The largest absolute Gasteiger partial charge is 0.468 e. The van der Waals surface area contributed by atoms with Gasteiger partial charge in [0.15, 0.2) is 0 Å². The molecular formula is C13H23NO5S. The van der Waals surface area contributed by atoms with Crippen LogP contribution in [0.25, 0.3) is 0 Å². The van der Waals surface area contributed by atoms with Gasteiger partial charge >= 0.3 is 11.9 Å². The zero-order valence-corrected chi connectivity index (χ0v) is 13.9. The Balaban J connectivity index is 2.91. The summed E-state index contributed by atoms with van der Waals surface area (Å²) in [4.78, 5) is 23.8. The summed E-state index contributed by atoms with van der Waals surface area (Å²) < 4.78 is 23.1. The van der Waals surface area contributed by atoms with Gasteiger partial charge in [-0.1, -0.05) is 0 Å². The van der Waals surface area contributed by atoms with Gasteiger partial charge in [-0.3, -0.25) is 9.59 Å². The van der Waals surface area contributed by atoms with E-state index in [2.05, 4.69) is 4.74 Å². The number of carbonyl (C=O) groups is 2. The third-order valence-corrected chi connectivity index (χ3v) is 4.45. The molecule has 0 aromatic rings. The minimum absolute atomic E-state index is 0.550. The Morgan fingerprint density at radius 3 is 1.80 bits per heavy atom. The Kier molecular flexibility index (Phi) is 4.65. The molecule has 0 bridgehead atoms. The summed E-state index contributed by atoms with van der Waals surface area (Å²) in [6.07, 6.45) is 0. The Morgan fingerprint density at radius 2 is 1.45 bits per heavy atom. The summed E-state index contributed by atoms with van der Waals surface area (Å²) in [6, 6.07) is -1.66. The smallest absolute Gasteiger partial charge is 0.327 e. The lowest BCUT2D eigenvalue weighted by molar-refractivity contribution is -0.155. The predicted molar refractivity (Wildman–Crippen MR) is 75.2 cm³/mol. The molecule has 1 fully saturated rings. The van der Waals surface area contributed by atoms with E-state index in [9.17, 15) is 13.8 Å². The van der Waals surface area contributed by atoms with Crippen molar-refractivity contribution in [1.82, 2.24) is 4.31 Å². The number of methoxy groups -OCH3 is 1. The van der Waals surface area contributed by atoms with Crippen LogP contribution in [0.3, 0.4) is 0 Å². The number of ether oxygens (including phenoxy) is 2. The van der Waals surface area contributed by atoms with E-state index in [0.717, 1.165) is 0 Å². The number of rotatable bonds is 3. The summed E-state index contributed by atoms with van der Waals surface area (Å²) in [7, 11) is -0.236. The van der Waals surface area contributed by atoms with E-state index in [1.54, 1.807) is 41.5 Å². The van der Waals surface area contributed by atoms with Crippen molar-refractivity contribution in [1.29, 1.82) is 0 Å². The second-order valence-corrected chi connectivity index (χ2v) is 8.81. The molecule has 7 heteroatoms. The molecule has 4 atom stereocenters. The second-order valence-electron chi connectivity index (χ2n) is 6.67. The monoisotopic (exact) mass is 305 g/mol. The molecule has 6 nitrogen and oxygen atoms in total. The Bertz CT molecular complexity index is 435. The van der Waals surface area contributed by atoms with Gasteiger partial charge in [0.1, 0.15) is 28.7 Å². The van der Waals surface area contributed by atoms with Crippen LogP contribution in [0.5, 0.6) is 0 Å². The standard InChI is InChI=1S/C13H23NO5S/c1-12(2,3)19-11(16)9-8(10(15)18-7)14(9)20(17)13(4,5)6/h8-9H,1-7H3/t8-,9+,14?,20+/m0/s1. The first-order chi connectivity index (χ1) is 8.90. The number of hydrogen-bond acceptors (Lipinski definition) is 5. The number of hydrogen-bond donors (Lipinski definition) is 0. The van der Waals surface area contributed by atoms with Gasteiger partial charge < -0.3 is 9.47 Å². The van der Waals surface area contributed by atoms with Crippen LogP contribution in [0, 0.1) is 0 Å². The molecule has 0 aromatic carbocycles. The quantitative estimate of drug-likeness (QED) is 0.575. The van der Waals surface area contributed by atoms with Gasteiger partial charge in [-0.2, -0.15) is 4.31 Å². The highest BCUT2D eigenvalue weighted by Crippen LogP contribution is 2.37. The average Bonchev–Trinajstić information content (AvgIpc) is 2.98. The number of esters is 2. The van der Waals surface area contributed by atoms with E-state index < -0.39 is 45.4 Å². The zero-order chi connectivity index (χ0) is 15.9. The second kappa shape index (κ2) is 5.44. The van der Waals surface area contributed by atoms with Crippen molar-refractivity contribution in [2.24, 2.45) is 0 Å². The van der Waals surface area contributed by atoms with Crippen LogP contribution >= 0.6 is 0 Å². The highest BCUT2D eigenvalue weighted by atomic mass is 32.2. The van der Waals surface area contributed by atoms with Gasteiger partial charge in [-0.05, 0) is 41.5 Å². The third-order valence-electron chi connectivity index (χ3n) is 2.56. The molecule has 1 aliphatic rings. The molecule has 20 heavy (non-hydrogen) atoms. The number of nitrogens with zero attached hydrogens (tertiary/aromatic N) is 1. The normalized spacial score (nSPS) is 27.6. The van der Waals surface area contributed by atoms with Crippen molar-refractivity contribution in [3.05, 3.63) is 0 Å². The molecule has 1 saturated heterocycles. The summed E-state index contributed by atoms with van der Waals surface area (Å²) >= 11 is 0. The number of carbonyl (C=O) groups excluding carboxylic acids is 2. The van der Waals surface area contributed by atoms with E-state index in [1.807, 2.05) is 0 Å². The Hall–Kier alpha value is -0.950. The SMILES string of the molecule is COC(=O)[C@@H]1[C@H](C(=O)OC(C)(C)C)N1[S@](=O)C(C)(C)C. The van der Waals surface area contributed by atoms with Gasteiger partial charge in [0, 0.05) is 0 Å². The van der Waals surface area contributed by atoms with Crippen molar-refractivity contribution in [3.63, 3.8) is 0 Å². The van der Waals surface area contributed by atoms with E-state index in [0.29, 0.717) is 0 Å². The van der Waals surface area contributed by atoms with Gasteiger partial charge in [-0.15, -0.1) is 0 Å². The fourth-order valence-corrected chi connectivity index (χ4v) is 3.08. The maximum absolute atomic E-state index is 12.4. The van der Waals surface area contributed by atoms with E-state index in [-0.39, 0.29) is 0 Å². The molecule has 1 aliphatic heterocycles. The minimum Gasteiger partial charge on any atom is -0.468 e. The predicted octanol–water partition coefficient (Wildman–Crippen LogP) is 1.02. The van der Waals surface area contributed by atoms with Crippen molar-refractivity contribution in [3.8, 4) is 0 Å². The van der Waals surface area contributed by atoms with Crippen LogP contribution in [-0.2, 0) is 30.0 Å². The zero-order valence-electron chi connectivity index (χ0n) is 13.1. The van der Waals surface area contributed by atoms with Crippen LogP contribution in [0.4, 0.5) is 0 Å². The van der Waals surface area contributed by atoms with Crippen LogP contribution < -0.4 is 0 Å². The fraction of sp³-hybridized carbons (Fsp3) is 0.846. The topological polar surface area (TPSA) is 72.7 Å². The van der Waals surface area contributed by atoms with Crippen LogP contribution in [0.15, 0.2) is 0 Å². The lowest BCUT2D eigenvalue weighted by Gasteiger charge is -2.21. The lowest BCUT2D eigenvalue weighted by atomic mass is 10.2. The van der Waals surface area contributed by atoms with E-state index in [1.165, 1.54) is 11.4 Å². The summed E-state index contributed by atoms with van der Waals surface area (Å²) in [5, 5.41) is 0. The summed E-state index contributed by atoms with van der Waals surface area (Å²) in [5.41, 5.74) is -0.658. The Morgan fingerprint density at radius 1 is 1.00 bits per heavy atom. The van der Waals surface area contributed by atoms with Gasteiger partial charge in [-0.25, -0.2) is 4.21 Å². The first-order valence-electron chi connectivity index (χ1n) is 6.41. The Labute approximate surface area is 122 Å². The van der Waals surface area contributed by atoms with Gasteiger partial charge in [0.25, 0.3) is 0 Å². The first kappa shape index (κ1) is 17.1. The highest BCUT2D eigenvalue weighted by molar-refractivity contribution is 7.84. The first-order valence-corrected chi connectivity index (χ1v) is 7.52. The molecule has 0 aliphatic carbocycles. The molecule has 0 spiro atoms. The minimum atomic E-state index is -1.48. The summed E-state index contributed by atoms with van der Waals surface area (Å²) in [6.45, 7) is 10.6. The van der Waals surface area contributed by atoms with E-state index in [4.69, 9.17) is 4.74 Å². The van der Waals surface area contributed by atoms with E-state index >= 15 is 0 Å². The molecule has 0 radical (unpaired) electrons. The van der Waals surface area contributed by atoms with Crippen molar-refractivity contribution in [2.45, 2.75) is 64.0 Å². The third kappa shape index (κ3) is 3.79. The average molecular weight is 305 g/mol. The maximum Gasteiger partial charge on any atom is 0.327 e. The fourth-order valence-electron chi connectivity index (χ4n) is 1.68.